The van der Waals surface area contributed by atoms with Gasteiger partial charge in [0.1, 0.15) is 5.60 Å². The zero-order chi connectivity index (χ0) is 18.7. The van der Waals surface area contributed by atoms with Crippen molar-refractivity contribution < 1.29 is 22.3 Å². The fourth-order valence-corrected chi connectivity index (χ4v) is 7.84. The Bertz CT molecular complexity index is 712. The summed E-state index contributed by atoms with van der Waals surface area (Å²) in [6.45, 7) is 2.20. The van der Waals surface area contributed by atoms with Crippen LogP contribution in [-0.2, 0) is 14.6 Å². The maximum absolute atomic E-state index is 11.0. The minimum absolute atomic E-state index is 0.166. The lowest BCUT2D eigenvalue weighted by Crippen LogP contribution is -2.53. The van der Waals surface area contributed by atoms with Gasteiger partial charge in [0.15, 0.2) is 0 Å². The number of aliphatic hydroxyl groups is 1. The molecule has 4 aliphatic rings. The average Bonchev–Trinajstić information content (AvgIpc) is 2.85. The van der Waals surface area contributed by atoms with Gasteiger partial charge in [-0.2, -0.15) is 8.42 Å². The summed E-state index contributed by atoms with van der Waals surface area (Å²) in [6.07, 6.45) is 13.8. The SMILES string of the molecule is C#C[C@]1(O)CC[C@H]2[C@@H]3CC[C@H]4C[C@@H](OS(=O)(=O)O)CC[C@@H]4[C@H]3CC[C@@]21C. The fraction of sp³-hybridized carbons (Fsp3) is 0.900. The van der Waals surface area contributed by atoms with Gasteiger partial charge in [-0.15, -0.1) is 6.42 Å². The minimum atomic E-state index is -4.37. The molecule has 0 heterocycles. The molecule has 0 saturated heterocycles. The Kier molecular flexibility index (Phi) is 4.47. The number of fused-ring (bicyclic) bond motifs is 5. The lowest BCUT2D eigenvalue weighted by atomic mass is 9.49. The van der Waals surface area contributed by atoms with E-state index in [1.807, 2.05) is 0 Å². The summed E-state index contributed by atoms with van der Waals surface area (Å²) in [5, 5.41) is 11.0. The minimum Gasteiger partial charge on any atom is -0.377 e. The molecule has 8 atom stereocenters. The van der Waals surface area contributed by atoms with Crippen molar-refractivity contribution in [2.24, 2.45) is 35.0 Å². The second-order valence-corrected chi connectivity index (χ2v) is 10.4. The van der Waals surface area contributed by atoms with Crippen molar-refractivity contribution >= 4 is 10.4 Å². The summed E-state index contributed by atoms with van der Waals surface area (Å²) in [7, 11) is -4.37. The molecule has 2 N–H and O–H groups in total. The lowest BCUT2D eigenvalue weighted by Gasteiger charge is -2.56. The van der Waals surface area contributed by atoms with Gasteiger partial charge in [-0.1, -0.05) is 12.8 Å². The van der Waals surface area contributed by atoms with Crippen molar-refractivity contribution in [1.82, 2.24) is 0 Å². The van der Waals surface area contributed by atoms with E-state index in [2.05, 4.69) is 12.8 Å². The fourth-order valence-electron chi connectivity index (χ4n) is 7.32. The Labute approximate surface area is 156 Å². The highest BCUT2D eigenvalue weighted by molar-refractivity contribution is 7.80. The molecule has 0 amide bonds. The number of rotatable bonds is 2. The van der Waals surface area contributed by atoms with Gasteiger partial charge in [0.05, 0.1) is 6.10 Å². The van der Waals surface area contributed by atoms with Gasteiger partial charge in [0, 0.05) is 5.41 Å². The summed E-state index contributed by atoms with van der Waals surface area (Å²) in [4.78, 5) is 0. The van der Waals surface area contributed by atoms with E-state index in [1.165, 1.54) is 0 Å². The highest BCUT2D eigenvalue weighted by Gasteiger charge is 2.62. The number of terminal acetylenes is 1. The monoisotopic (exact) mass is 382 g/mol. The Morgan fingerprint density at radius 2 is 1.77 bits per heavy atom. The topological polar surface area (TPSA) is 83.8 Å². The molecule has 146 valence electrons. The van der Waals surface area contributed by atoms with E-state index in [9.17, 15) is 13.5 Å². The quantitative estimate of drug-likeness (QED) is 0.566. The summed E-state index contributed by atoms with van der Waals surface area (Å²) in [5.74, 6) is 5.58. The zero-order valence-corrected chi connectivity index (χ0v) is 16.2. The molecule has 4 aliphatic carbocycles. The smallest absolute Gasteiger partial charge is 0.377 e. The third kappa shape index (κ3) is 2.83. The summed E-state index contributed by atoms with van der Waals surface area (Å²) >= 11 is 0. The highest BCUT2D eigenvalue weighted by Crippen LogP contribution is 2.65. The van der Waals surface area contributed by atoms with Crippen LogP contribution >= 0.6 is 0 Å². The van der Waals surface area contributed by atoms with E-state index in [-0.39, 0.29) is 11.5 Å². The van der Waals surface area contributed by atoms with Crippen LogP contribution in [0.3, 0.4) is 0 Å². The molecule has 4 saturated carbocycles. The van der Waals surface area contributed by atoms with Gasteiger partial charge in [-0.05, 0) is 87.4 Å². The molecule has 26 heavy (non-hydrogen) atoms. The Balaban J connectivity index is 1.50. The molecule has 4 fully saturated rings. The van der Waals surface area contributed by atoms with Gasteiger partial charge in [-0.3, -0.25) is 4.55 Å². The van der Waals surface area contributed by atoms with Crippen LogP contribution in [0, 0.1) is 47.3 Å². The lowest BCUT2D eigenvalue weighted by molar-refractivity contribution is -0.110. The molecular weight excluding hydrogens is 352 g/mol. The number of hydrogen-bond acceptors (Lipinski definition) is 4. The molecule has 0 unspecified atom stereocenters. The predicted octanol–water partition coefficient (Wildman–Crippen LogP) is 3.19. The molecule has 0 spiro atoms. The first kappa shape index (κ1) is 18.7. The van der Waals surface area contributed by atoms with Gasteiger partial charge in [-0.25, -0.2) is 4.18 Å². The molecule has 5 nitrogen and oxygen atoms in total. The molecule has 0 aliphatic heterocycles. The van der Waals surface area contributed by atoms with Gasteiger partial charge in [0.25, 0.3) is 0 Å². The summed E-state index contributed by atoms with van der Waals surface area (Å²) in [5.41, 5.74) is -1.12. The predicted molar refractivity (Wildman–Crippen MR) is 97.3 cm³/mol. The van der Waals surface area contributed by atoms with E-state index in [1.54, 1.807) is 0 Å². The first-order valence-corrected chi connectivity index (χ1v) is 11.4. The summed E-state index contributed by atoms with van der Waals surface area (Å²) in [6, 6.07) is 0. The first-order valence-electron chi connectivity index (χ1n) is 10.0. The summed E-state index contributed by atoms with van der Waals surface area (Å²) < 4.78 is 35.9. The van der Waals surface area contributed by atoms with Crippen LogP contribution in [-0.4, -0.2) is 29.8 Å². The van der Waals surface area contributed by atoms with Crippen LogP contribution in [0.25, 0.3) is 0 Å². The molecular formula is C20H30O5S. The van der Waals surface area contributed by atoms with Crippen LogP contribution in [0.5, 0.6) is 0 Å². The van der Waals surface area contributed by atoms with Crippen LogP contribution in [0.2, 0.25) is 0 Å². The maximum atomic E-state index is 11.0. The van der Waals surface area contributed by atoms with Crippen LogP contribution in [0.15, 0.2) is 0 Å². The highest BCUT2D eigenvalue weighted by atomic mass is 32.3. The van der Waals surface area contributed by atoms with Crippen molar-refractivity contribution in [2.75, 3.05) is 0 Å². The van der Waals surface area contributed by atoms with Crippen molar-refractivity contribution in [3.63, 3.8) is 0 Å². The second kappa shape index (κ2) is 6.20. The van der Waals surface area contributed by atoms with Gasteiger partial charge >= 0.3 is 10.4 Å². The molecule has 0 aromatic carbocycles. The molecule has 4 rings (SSSR count). The third-order valence-electron chi connectivity index (χ3n) is 8.55. The zero-order valence-electron chi connectivity index (χ0n) is 15.4. The first-order chi connectivity index (χ1) is 12.2. The average molecular weight is 383 g/mol. The van der Waals surface area contributed by atoms with Crippen molar-refractivity contribution in [3.8, 4) is 12.3 Å². The molecule has 0 bridgehead atoms. The van der Waals surface area contributed by atoms with Crippen LogP contribution in [0.1, 0.15) is 64.7 Å². The van der Waals surface area contributed by atoms with E-state index in [4.69, 9.17) is 15.2 Å². The maximum Gasteiger partial charge on any atom is 0.397 e. The molecule has 0 aromatic rings. The van der Waals surface area contributed by atoms with Crippen molar-refractivity contribution in [3.05, 3.63) is 0 Å². The molecule has 6 heteroatoms. The normalized spacial score (nSPS) is 51.0. The van der Waals surface area contributed by atoms with Crippen LogP contribution < -0.4 is 0 Å². The standard InChI is InChI=1S/C20H30O5S/c1-3-20(21)11-9-18-17-6-4-13-12-14(25-26(22,23)24)5-7-15(13)16(17)8-10-19(18,20)2/h1,13-18,21H,4-12H2,2H3,(H,22,23,24)/t13-,14-,15-,16+,17+,18-,19-,20-/m0/s1. The largest absolute Gasteiger partial charge is 0.397 e. The Morgan fingerprint density at radius 3 is 2.46 bits per heavy atom. The molecule has 0 aromatic heterocycles. The van der Waals surface area contributed by atoms with Gasteiger partial charge in [0.2, 0.25) is 0 Å². The third-order valence-corrected chi connectivity index (χ3v) is 9.07. The molecule has 0 radical (unpaired) electrons. The number of hydrogen-bond donors (Lipinski definition) is 2. The van der Waals surface area contributed by atoms with Crippen LogP contribution in [0.4, 0.5) is 0 Å². The van der Waals surface area contributed by atoms with Crippen molar-refractivity contribution in [1.29, 1.82) is 0 Å². The van der Waals surface area contributed by atoms with E-state index in [0.717, 1.165) is 44.9 Å². The van der Waals surface area contributed by atoms with E-state index >= 15 is 0 Å². The Hall–Kier alpha value is -0.610. The van der Waals surface area contributed by atoms with Gasteiger partial charge < -0.3 is 5.11 Å². The Morgan fingerprint density at radius 1 is 1.04 bits per heavy atom. The van der Waals surface area contributed by atoms with Crippen molar-refractivity contribution in [2.45, 2.75) is 76.4 Å². The van der Waals surface area contributed by atoms with E-state index < -0.39 is 16.0 Å². The second-order valence-electron chi connectivity index (χ2n) is 9.39. The van der Waals surface area contributed by atoms with E-state index in [0.29, 0.717) is 42.4 Å².